The van der Waals surface area contributed by atoms with Crippen LogP contribution < -0.4 is 20.7 Å². The molecule has 2 aliphatic carbocycles. The molecule has 1 aliphatic heterocycles. The average molecular weight is 523 g/mol. The molecule has 0 unspecified atom stereocenters. The highest BCUT2D eigenvalue weighted by atomic mass is 28.3. The highest BCUT2D eigenvalue weighted by Gasteiger charge is 2.61. The lowest BCUT2D eigenvalue weighted by Gasteiger charge is -2.27. The molecule has 0 radical (unpaired) electrons. The molecule has 39 heavy (non-hydrogen) atoms. The molecular weight excluding hydrogens is 485 g/mol. The molecule has 0 spiro atoms. The molecular formula is C38H38Si. The maximum Gasteiger partial charge on any atom is 0.180 e. The predicted octanol–water partition coefficient (Wildman–Crippen LogP) is 6.89. The van der Waals surface area contributed by atoms with E-state index in [-0.39, 0.29) is 10.8 Å². The molecule has 7 rings (SSSR count). The topological polar surface area (TPSA) is 0 Å². The van der Waals surface area contributed by atoms with Gasteiger partial charge in [0.15, 0.2) is 8.07 Å². The molecule has 4 aromatic carbocycles. The van der Waals surface area contributed by atoms with Gasteiger partial charge < -0.3 is 0 Å². The van der Waals surface area contributed by atoms with Gasteiger partial charge in [0.1, 0.15) is 0 Å². The predicted molar refractivity (Wildman–Crippen MR) is 171 cm³/mol. The molecule has 0 amide bonds. The van der Waals surface area contributed by atoms with Crippen LogP contribution in [0.15, 0.2) is 97.1 Å². The van der Waals surface area contributed by atoms with Crippen LogP contribution >= 0.6 is 0 Å². The third-order valence-electron chi connectivity index (χ3n) is 9.15. The third-order valence-corrected chi connectivity index (χ3v) is 13.8. The van der Waals surface area contributed by atoms with Crippen LogP contribution in [0.3, 0.4) is 0 Å². The van der Waals surface area contributed by atoms with Gasteiger partial charge in [-0.2, -0.15) is 0 Å². The van der Waals surface area contributed by atoms with Crippen molar-refractivity contribution in [3.05, 3.63) is 125 Å². The highest BCUT2D eigenvalue weighted by molar-refractivity contribution is 7.33. The minimum Gasteiger partial charge on any atom is -0.0801 e. The van der Waals surface area contributed by atoms with Crippen molar-refractivity contribution in [2.24, 2.45) is 0 Å². The van der Waals surface area contributed by atoms with Gasteiger partial charge in [0.25, 0.3) is 0 Å². The van der Waals surface area contributed by atoms with Crippen molar-refractivity contribution in [2.45, 2.75) is 65.2 Å². The van der Waals surface area contributed by atoms with Gasteiger partial charge in [0.05, 0.1) is 0 Å². The summed E-state index contributed by atoms with van der Waals surface area (Å²) in [7, 11) is -2.30. The van der Waals surface area contributed by atoms with Gasteiger partial charge in [-0.05, 0) is 88.9 Å². The van der Waals surface area contributed by atoms with Gasteiger partial charge in [-0.25, -0.2) is 0 Å². The van der Waals surface area contributed by atoms with E-state index in [1.807, 2.05) is 0 Å². The third kappa shape index (κ3) is 3.49. The van der Waals surface area contributed by atoms with Crippen LogP contribution in [0.2, 0.25) is 0 Å². The van der Waals surface area contributed by atoms with Gasteiger partial charge >= 0.3 is 0 Å². The molecule has 0 bridgehead atoms. The Hall–Kier alpha value is -3.42. The van der Waals surface area contributed by atoms with Crippen LogP contribution in [0.25, 0.3) is 16.7 Å². The molecule has 0 saturated carbocycles. The van der Waals surface area contributed by atoms with Crippen molar-refractivity contribution < 1.29 is 0 Å². The van der Waals surface area contributed by atoms with E-state index in [4.69, 9.17) is 0 Å². The first-order valence-electron chi connectivity index (χ1n) is 14.5. The number of hydrogen-bond donors (Lipinski definition) is 0. The first-order valence-corrected chi connectivity index (χ1v) is 16.5. The molecule has 0 saturated heterocycles. The molecule has 0 aromatic heterocycles. The molecule has 0 N–H and O–H groups in total. The van der Waals surface area contributed by atoms with E-state index >= 15 is 0 Å². The lowest BCUT2D eigenvalue weighted by Crippen LogP contribution is -2.56. The molecule has 1 heteroatoms. The summed E-state index contributed by atoms with van der Waals surface area (Å²) in [6.07, 6.45) is 9.04. The van der Waals surface area contributed by atoms with E-state index in [0.29, 0.717) is 0 Å². The minimum atomic E-state index is -2.30. The van der Waals surface area contributed by atoms with Gasteiger partial charge in [-0.15, -0.1) is 0 Å². The van der Waals surface area contributed by atoms with Crippen molar-refractivity contribution in [3.8, 4) is 11.1 Å². The Morgan fingerprint density at radius 3 is 1.85 bits per heavy atom. The van der Waals surface area contributed by atoms with Gasteiger partial charge in [-0.3, -0.25) is 0 Å². The van der Waals surface area contributed by atoms with Crippen LogP contribution in [-0.2, 0) is 17.3 Å². The Morgan fingerprint density at radius 2 is 1.31 bits per heavy atom. The maximum atomic E-state index is 2.51. The first-order chi connectivity index (χ1) is 18.6. The van der Waals surface area contributed by atoms with E-state index in [1.54, 1.807) is 32.6 Å². The summed E-state index contributed by atoms with van der Waals surface area (Å²) in [6.45, 7) is 14.3. The van der Waals surface area contributed by atoms with Crippen LogP contribution in [0, 0.1) is 0 Å². The molecule has 1 heterocycles. The molecule has 4 aromatic rings. The standard InChI is InChI=1S/C38H38Si/c1-37(2,3)27-21-22-30-26(23-27)24-31-32(25-15-13-14-16-25)34(38(4,5)6)36-35(33(30)31)39(36,28-17-9-7-10-18-28)29-19-11-8-12-20-29/h7-15,17-23H,16,24H2,1-6H3. The largest absolute Gasteiger partial charge is 0.180 e. The van der Waals surface area contributed by atoms with Crippen molar-refractivity contribution >= 4 is 34.4 Å². The SMILES string of the molecule is CC(C)(C)c1ccc2c(c1)Cc1c(C3=CC=CC3)c(C(C)(C)C)c3c(c1-2)[Si]3(c1ccccc1)c1ccccc1. The Kier molecular flexibility index (Phi) is 5.23. The number of fused-ring (bicyclic) bond motifs is 5. The second-order valence-corrected chi connectivity index (χ2v) is 17.4. The smallest absolute Gasteiger partial charge is 0.0801 e. The van der Waals surface area contributed by atoms with Gasteiger partial charge in [0.2, 0.25) is 0 Å². The second-order valence-electron chi connectivity index (χ2n) is 13.7. The van der Waals surface area contributed by atoms with Crippen LogP contribution in [0.1, 0.15) is 75.8 Å². The van der Waals surface area contributed by atoms with Crippen molar-refractivity contribution in [2.75, 3.05) is 0 Å². The lowest BCUT2D eigenvalue weighted by molar-refractivity contribution is 0.589. The Morgan fingerprint density at radius 1 is 0.667 bits per heavy atom. The van der Waals surface area contributed by atoms with E-state index < -0.39 is 8.07 Å². The van der Waals surface area contributed by atoms with E-state index in [2.05, 4.69) is 139 Å². The molecule has 194 valence electrons. The zero-order valence-corrected chi connectivity index (χ0v) is 25.2. The Balaban J connectivity index is 1.62. The zero-order chi connectivity index (χ0) is 27.2. The summed E-state index contributed by atoms with van der Waals surface area (Å²) in [4.78, 5) is 0. The van der Waals surface area contributed by atoms with Gasteiger partial charge in [-0.1, -0.05) is 139 Å². The first kappa shape index (κ1) is 24.6. The van der Waals surface area contributed by atoms with Crippen LogP contribution in [-0.4, -0.2) is 8.07 Å². The van der Waals surface area contributed by atoms with Gasteiger partial charge in [0, 0.05) is 0 Å². The summed E-state index contributed by atoms with van der Waals surface area (Å²) in [6, 6.07) is 30.3. The summed E-state index contributed by atoms with van der Waals surface area (Å²) in [5.74, 6) is 0. The van der Waals surface area contributed by atoms with Crippen molar-refractivity contribution in [1.82, 2.24) is 0 Å². The maximum absolute atomic E-state index is 2.51. The number of allylic oxidation sites excluding steroid dienone is 4. The van der Waals surface area contributed by atoms with E-state index in [0.717, 1.165) is 12.8 Å². The Bertz CT molecular complexity index is 1650. The van der Waals surface area contributed by atoms with Crippen LogP contribution in [0.4, 0.5) is 0 Å². The second kappa shape index (κ2) is 8.29. The molecule has 0 nitrogen and oxygen atoms in total. The number of rotatable bonds is 3. The summed E-state index contributed by atoms with van der Waals surface area (Å²) in [5.41, 5.74) is 12.4. The summed E-state index contributed by atoms with van der Waals surface area (Å²) < 4.78 is 0. The monoisotopic (exact) mass is 522 g/mol. The number of hydrogen-bond acceptors (Lipinski definition) is 0. The summed E-state index contributed by atoms with van der Waals surface area (Å²) >= 11 is 0. The number of benzene rings is 4. The molecule has 0 atom stereocenters. The lowest BCUT2D eigenvalue weighted by atomic mass is 9.78. The van der Waals surface area contributed by atoms with Crippen LogP contribution in [0.5, 0.6) is 0 Å². The highest BCUT2D eigenvalue weighted by Crippen LogP contribution is 2.49. The molecule has 3 aliphatic rings. The minimum absolute atomic E-state index is 0.0432. The fourth-order valence-electron chi connectivity index (χ4n) is 7.43. The van der Waals surface area contributed by atoms with Crippen molar-refractivity contribution in [3.63, 3.8) is 0 Å². The van der Waals surface area contributed by atoms with E-state index in [9.17, 15) is 0 Å². The fourth-order valence-corrected chi connectivity index (χ4v) is 13.0. The summed E-state index contributed by atoms with van der Waals surface area (Å²) in [5, 5.41) is 6.41. The Labute approximate surface area is 235 Å². The molecule has 0 fully saturated rings. The van der Waals surface area contributed by atoms with E-state index in [1.165, 1.54) is 32.6 Å². The zero-order valence-electron chi connectivity index (χ0n) is 24.2. The average Bonchev–Trinajstić information content (AvgIpc) is 3.22. The fraction of sp³-hybridized carbons (Fsp3) is 0.263. The van der Waals surface area contributed by atoms with Crippen molar-refractivity contribution in [1.29, 1.82) is 0 Å². The normalized spacial score (nSPS) is 16.5. The quantitative estimate of drug-likeness (QED) is 0.222.